The Morgan fingerprint density at radius 2 is 1.92 bits per heavy atom. The van der Waals surface area contributed by atoms with E-state index in [0.717, 1.165) is 59.2 Å². The summed E-state index contributed by atoms with van der Waals surface area (Å²) >= 11 is 5.99. The maximum atomic E-state index is 5.99. The van der Waals surface area contributed by atoms with Crippen LogP contribution in [0, 0.1) is 13.8 Å². The van der Waals surface area contributed by atoms with Gasteiger partial charge in [-0.25, -0.2) is 9.97 Å². The monoisotopic (exact) mass is 340 g/mol. The van der Waals surface area contributed by atoms with Crippen LogP contribution in [0.4, 0.5) is 5.82 Å². The quantitative estimate of drug-likeness (QED) is 0.706. The highest BCUT2D eigenvalue weighted by Crippen LogP contribution is 2.32. The van der Waals surface area contributed by atoms with Gasteiger partial charge in [-0.15, -0.1) is 0 Å². The Balaban J connectivity index is 1.71. The summed E-state index contributed by atoms with van der Waals surface area (Å²) in [4.78, 5) is 11.0. The first-order valence-corrected chi connectivity index (χ1v) is 8.28. The lowest BCUT2D eigenvalue weighted by atomic mass is 10.0. The zero-order valence-electron chi connectivity index (χ0n) is 13.6. The summed E-state index contributed by atoms with van der Waals surface area (Å²) in [6.45, 7) is 5.66. The van der Waals surface area contributed by atoms with E-state index in [4.69, 9.17) is 16.1 Å². The van der Waals surface area contributed by atoms with E-state index in [1.54, 1.807) is 6.33 Å². The SMILES string of the molecule is Cc1ncnc(N2CCc3onc(-c4ccc(Cl)cc4)c3C2)c1C. The first-order chi connectivity index (χ1) is 11.6. The van der Waals surface area contributed by atoms with Gasteiger partial charge >= 0.3 is 0 Å². The Morgan fingerprint density at radius 1 is 1.12 bits per heavy atom. The number of hydrogen-bond donors (Lipinski definition) is 0. The fourth-order valence-corrected chi connectivity index (χ4v) is 3.19. The Hall–Kier alpha value is -2.40. The molecule has 1 aliphatic heterocycles. The maximum Gasteiger partial charge on any atom is 0.144 e. The molecule has 0 saturated carbocycles. The van der Waals surface area contributed by atoms with Crippen LogP contribution >= 0.6 is 11.6 Å². The molecular weight excluding hydrogens is 324 g/mol. The minimum Gasteiger partial charge on any atom is -0.360 e. The zero-order valence-corrected chi connectivity index (χ0v) is 14.3. The molecule has 2 aromatic heterocycles. The minimum atomic E-state index is 0.713. The molecule has 3 heterocycles. The van der Waals surface area contributed by atoms with Crippen molar-refractivity contribution in [3.63, 3.8) is 0 Å². The smallest absolute Gasteiger partial charge is 0.144 e. The number of aromatic nitrogens is 3. The first-order valence-electron chi connectivity index (χ1n) is 7.90. The number of nitrogens with zero attached hydrogens (tertiary/aromatic N) is 4. The number of aryl methyl sites for hydroxylation is 1. The lowest BCUT2D eigenvalue weighted by Crippen LogP contribution is -2.31. The molecule has 4 rings (SSSR count). The van der Waals surface area contributed by atoms with E-state index < -0.39 is 0 Å². The molecule has 0 spiro atoms. The third kappa shape index (κ3) is 2.55. The zero-order chi connectivity index (χ0) is 16.7. The molecule has 1 aliphatic rings. The molecule has 0 bridgehead atoms. The van der Waals surface area contributed by atoms with E-state index in [1.807, 2.05) is 31.2 Å². The van der Waals surface area contributed by atoms with E-state index in [2.05, 4.69) is 26.9 Å². The highest BCUT2D eigenvalue weighted by Gasteiger charge is 2.26. The summed E-state index contributed by atoms with van der Waals surface area (Å²) in [5, 5.41) is 5.00. The van der Waals surface area contributed by atoms with E-state index in [1.165, 1.54) is 0 Å². The standard InChI is InChI=1S/C18H17ClN4O/c1-11-12(2)20-10-21-18(11)23-8-7-16-15(9-23)17(22-24-16)13-3-5-14(19)6-4-13/h3-6,10H,7-9H2,1-2H3. The van der Waals surface area contributed by atoms with Crippen molar-refractivity contribution in [1.82, 2.24) is 15.1 Å². The molecule has 0 aliphatic carbocycles. The topological polar surface area (TPSA) is 55.1 Å². The lowest BCUT2D eigenvalue weighted by Gasteiger charge is -2.28. The number of halogens is 1. The fraction of sp³-hybridized carbons (Fsp3) is 0.278. The van der Waals surface area contributed by atoms with Crippen LogP contribution in [0.15, 0.2) is 35.1 Å². The Kier molecular flexibility index (Phi) is 3.73. The van der Waals surface area contributed by atoms with Crippen LogP contribution in [0.1, 0.15) is 22.6 Å². The molecule has 0 unspecified atom stereocenters. The molecule has 1 aromatic carbocycles. The summed E-state index contributed by atoms with van der Waals surface area (Å²) in [6, 6.07) is 7.69. The fourth-order valence-electron chi connectivity index (χ4n) is 3.07. The van der Waals surface area contributed by atoms with Crippen LogP contribution < -0.4 is 4.90 Å². The average molecular weight is 341 g/mol. The Morgan fingerprint density at radius 3 is 2.71 bits per heavy atom. The normalized spacial score (nSPS) is 13.9. The summed E-state index contributed by atoms with van der Waals surface area (Å²) in [5.74, 6) is 1.94. The van der Waals surface area contributed by atoms with Crippen LogP contribution in [-0.4, -0.2) is 21.7 Å². The van der Waals surface area contributed by atoms with Gasteiger partial charge in [-0.3, -0.25) is 0 Å². The van der Waals surface area contributed by atoms with E-state index in [-0.39, 0.29) is 0 Å². The molecule has 5 nitrogen and oxygen atoms in total. The molecule has 6 heteroatoms. The highest BCUT2D eigenvalue weighted by atomic mass is 35.5. The van der Waals surface area contributed by atoms with Gasteiger partial charge in [0.25, 0.3) is 0 Å². The van der Waals surface area contributed by atoms with Gasteiger partial charge in [-0.1, -0.05) is 28.9 Å². The molecule has 0 radical (unpaired) electrons. The molecule has 0 saturated heterocycles. The van der Waals surface area contributed by atoms with Gasteiger partial charge in [0.1, 0.15) is 23.6 Å². The van der Waals surface area contributed by atoms with E-state index >= 15 is 0 Å². The van der Waals surface area contributed by atoms with Crippen molar-refractivity contribution in [2.24, 2.45) is 0 Å². The largest absolute Gasteiger partial charge is 0.360 e. The second-order valence-corrected chi connectivity index (χ2v) is 6.46. The van der Waals surface area contributed by atoms with Crippen molar-refractivity contribution < 1.29 is 4.52 Å². The molecule has 0 amide bonds. The van der Waals surface area contributed by atoms with Gasteiger partial charge in [0.15, 0.2) is 0 Å². The maximum absolute atomic E-state index is 5.99. The molecule has 0 fully saturated rings. The number of anilines is 1. The number of rotatable bonds is 2. The molecular formula is C18H17ClN4O. The van der Waals surface area contributed by atoms with Gasteiger partial charge < -0.3 is 9.42 Å². The highest BCUT2D eigenvalue weighted by molar-refractivity contribution is 6.30. The molecule has 24 heavy (non-hydrogen) atoms. The van der Waals surface area contributed by atoms with Crippen LogP contribution in [0.3, 0.4) is 0 Å². The predicted octanol–water partition coefficient (Wildman–Crippen LogP) is 3.96. The van der Waals surface area contributed by atoms with Crippen LogP contribution in [0.25, 0.3) is 11.3 Å². The van der Waals surface area contributed by atoms with Crippen molar-refractivity contribution in [2.75, 3.05) is 11.4 Å². The van der Waals surface area contributed by atoms with Crippen molar-refractivity contribution in [2.45, 2.75) is 26.8 Å². The van der Waals surface area contributed by atoms with Gasteiger partial charge in [-0.05, 0) is 26.0 Å². The van der Waals surface area contributed by atoms with E-state index in [9.17, 15) is 0 Å². The van der Waals surface area contributed by atoms with Gasteiger partial charge in [-0.2, -0.15) is 0 Å². The third-order valence-electron chi connectivity index (χ3n) is 4.55. The molecule has 0 N–H and O–H groups in total. The van der Waals surface area contributed by atoms with Gasteiger partial charge in [0, 0.05) is 40.4 Å². The molecule has 3 aromatic rings. The Labute approximate surface area is 145 Å². The van der Waals surface area contributed by atoms with E-state index in [0.29, 0.717) is 5.02 Å². The van der Waals surface area contributed by atoms with Crippen molar-refractivity contribution in [1.29, 1.82) is 0 Å². The van der Waals surface area contributed by atoms with Crippen molar-refractivity contribution in [3.05, 3.63) is 58.2 Å². The van der Waals surface area contributed by atoms with Gasteiger partial charge in [0.05, 0.1) is 6.54 Å². The molecule has 122 valence electrons. The first kappa shape index (κ1) is 15.1. The van der Waals surface area contributed by atoms with Crippen molar-refractivity contribution in [3.8, 4) is 11.3 Å². The van der Waals surface area contributed by atoms with Crippen LogP contribution in [0.2, 0.25) is 5.02 Å². The Bertz CT molecular complexity index is 889. The average Bonchev–Trinajstić information content (AvgIpc) is 3.01. The third-order valence-corrected chi connectivity index (χ3v) is 4.81. The second-order valence-electron chi connectivity index (χ2n) is 6.02. The summed E-state index contributed by atoms with van der Waals surface area (Å²) in [7, 11) is 0. The lowest BCUT2D eigenvalue weighted by molar-refractivity contribution is 0.378. The number of hydrogen-bond acceptors (Lipinski definition) is 5. The summed E-state index contributed by atoms with van der Waals surface area (Å²) in [6.07, 6.45) is 2.44. The van der Waals surface area contributed by atoms with Crippen LogP contribution in [0.5, 0.6) is 0 Å². The number of benzene rings is 1. The second kappa shape index (κ2) is 5.91. The van der Waals surface area contributed by atoms with Crippen molar-refractivity contribution >= 4 is 17.4 Å². The molecule has 0 atom stereocenters. The minimum absolute atomic E-state index is 0.713. The summed E-state index contributed by atoms with van der Waals surface area (Å²) < 4.78 is 5.57. The van der Waals surface area contributed by atoms with Crippen LogP contribution in [-0.2, 0) is 13.0 Å². The van der Waals surface area contributed by atoms with Gasteiger partial charge in [0.2, 0.25) is 0 Å². The number of fused-ring (bicyclic) bond motifs is 1. The summed E-state index contributed by atoms with van der Waals surface area (Å²) in [5.41, 5.74) is 5.15. The predicted molar refractivity (Wildman–Crippen MR) is 93.2 cm³/mol.